The molecule has 3 N–H and O–H groups in total. The van der Waals surface area contributed by atoms with Crippen molar-refractivity contribution >= 4 is 22.1 Å². The number of hydrogen-bond acceptors (Lipinski definition) is 4. The highest BCUT2D eigenvalue weighted by Crippen LogP contribution is 2.55. The highest BCUT2D eigenvalue weighted by Gasteiger charge is 2.51. The Hall–Kier alpha value is -2.59. The molecule has 0 spiro atoms. The number of benzene rings is 2. The van der Waals surface area contributed by atoms with Crippen molar-refractivity contribution in [2.24, 2.45) is 5.92 Å². The van der Waals surface area contributed by atoms with Gasteiger partial charge in [-0.1, -0.05) is 25.0 Å². The summed E-state index contributed by atoms with van der Waals surface area (Å²) in [6, 6.07) is 13.1. The summed E-state index contributed by atoms with van der Waals surface area (Å²) in [6.07, 6.45) is 11.2. The van der Waals surface area contributed by atoms with Gasteiger partial charge in [0, 0.05) is 40.3 Å². The van der Waals surface area contributed by atoms with Crippen molar-refractivity contribution in [2.75, 3.05) is 11.9 Å². The van der Waals surface area contributed by atoms with Crippen molar-refractivity contribution < 1.29 is 5.11 Å². The topological polar surface area (TPSA) is 57.2 Å². The first-order valence-electron chi connectivity index (χ1n) is 10.9. The number of rotatable bonds is 2. The number of hydrogen-bond donors (Lipinski definition) is 3. The van der Waals surface area contributed by atoms with E-state index in [1.54, 1.807) is 0 Å². The molecule has 2 aliphatic carbocycles. The lowest BCUT2D eigenvalue weighted by molar-refractivity contribution is 0.0796. The molecule has 3 aromatic rings. The first-order chi connectivity index (χ1) is 14.2. The zero-order valence-electron chi connectivity index (χ0n) is 16.6. The summed E-state index contributed by atoms with van der Waals surface area (Å²) in [5.41, 5.74) is 4.90. The van der Waals surface area contributed by atoms with Crippen molar-refractivity contribution in [1.82, 2.24) is 10.3 Å². The number of pyridine rings is 1. The monoisotopic (exact) mass is 385 g/mol. The highest BCUT2D eigenvalue weighted by molar-refractivity contribution is 5.95. The van der Waals surface area contributed by atoms with Crippen molar-refractivity contribution in [3.8, 4) is 5.75 Å². The first-order valence-corrected chi connectivity index (χ1v) is 10.9. The Morgan fingerprint density at radius 2 is 2.07 bits per heavy atom. The van der Waals surface area contributed by atoms with Gasteiger partial charge >= 0.3 is 0 Å². The Labute approximate surface area is 171 Å². The molecule has 148 valence electrons. The second-order valence-electron chi connectivity index (χ2n) is 9.08. The molecule has 0 radical (unpaired) electrons. The molecule has 2 aromatic carbocycles. The van der Waals surface area contributed by atoms with Gasteiger partial charge in [-0.2, -0.15) is 0 Å². The summed E-state index contributed by atoms with van der Waals surface area (Å²) >= 11 is 0. The third-order valence-corrected chi connectivity index (χ3v) is 7.71. The maximum Gasteiger partial charge on any atom is 0.139 e. The summed E-state index contributed by atoms with van der Waals surface area (Å²) in [4.78, 5) is 4.22. The average molecular weight is 386 g/mol. The largest absolute Gasteiger partial charge is 0.506 e. The maximum atomic E-state index is 11.0. The van der Waals surface area contributed by atoms with Crippen LogP contribution >= 0.6 is 0 Å². The molecular weight excluding hydrogens is 358 g/mol. The molecule has 1 aromatic heterocycles. The zero-order valence-corrected chi connectivity index (χ0v) is 16.6. The van der Waals surface area contributed by atoms with E-state index in [4.69, 9.17) is 0 Å². The molecule has 2 bridgehead atoms. The number of phenols is 1. The van der Waals surface area contributed by atoms with Crippen molar-refractivity contribution in [3.05, 3.63) is 59.9 Å². The fourth-order valence-corrected chi connectivity index (χ4v) is 6.45. The molecule has 4 nitrogen and oxygen atoms in total. The van der Waals surface area contributed by atoms with Gasteiger partial charge in [-0.25, -0.2) is 0 Å². The van der Waals surface area contributed by atoms with Crippen LogP contribution in [-0.2, 0) is 11.8 Å². The Balaban J connectivity index is 1.44. The summed E-state index contributed by atoms with van der Waals surface area (Å²) in [5, 5.41) is 20.5. The second-order valence-corrected chi connectivity index (χ2v) is 9.08. The van der Waals surface area contributed by atoms with Crippen LogP contribution in [0.15, 0.2) is 48.8 Å². The summed E-state index contributed by atoms with van der Waals surface area (Å²) in [7, 11) is 0. The molecule has 29 heavy (non-hydrogen) atoms. The molecule has 1 saturated heterocycles. The van der Waals surface area contributed by atoms with Gasteiger partial charge in [-0.15, -0.1) is 0 Å². The fourth-order valence-electron chi connectivity index (χ4n) is 6.45. The van der Waals surface area contributed by atoms with E-state index in [1.807, 2.05) is 24.5 Å². The number of anilines is 2. The van der Waals surface area contributed by atoms with Gasteiger partial charge < -0.3 is 15.7 Å². The van der Waals surface area contributed by atoms with Gasteiger partial charge in [0.25, 0.3) is 0 Å². The van der Waals surface area contributed by atoms with E-state index in [2.05, 4.69) is 39.9 Å². The summed E-state index contributed by atoms with van der Waals surface area (Å²) < 4.78 is 0. The fraction of sp³-hybridized carbons (Fsp3) is 0.400. The van der Waals surface area contributed by atoms with E-state index >= 15 is 0 Å². The van der Waals surface area contributed by atoms with Crippen molar-refractivity contribution in [2.45, 2.75) is 50.0 Å². The van der Waals surface area contributed by atoms with Crippen LogP contribution in [0.1, 0.15) is 43.2 Å². The van der Waals surface area contributed by atoms with Gasteiger partial charge in [0.05, 0.1) is 5.69 Å². The average Bonchev–Trinajstić information content (AvgIpc) is 2.75. The van der Waals surface area contributed by atoms with Gasteiger partial charge in [0.1, 0.15) is 5.75 Å². The Morgan fingerprint density at radius 3 is 3.03 bits per heavy atom. The molecule has 6 rings (SSSR count). The minimum Gasteiger partial charge on any atom is -0.506 e. The molecule has 2 fully saturated rings. The minimum atomic E-state index is 0.267. The third-order valence-electron chi connectivity index (χ3n) is 7.71. The van der Waals surface area contributed by atoms with Gasteiger partial charge in [0.15, 0.2) is 0 Å². The molecule has 4 heteroatoms. The van der Waals surface area contributed by atoms with E-state index < -0.39 is 0 Å². The molecule has 0 amide bonds. The smallest absolute Gasteiger partial charge is 0.139 e. The van der Waals surface area contributed by atoms with Gasteiger partial charge in [-0.3, -0.25) is 4.98 Å². The van der Waals surface area contributed by atoms with Crippen molar-refractivity contribution in [3.63, 3.8) is 0 Å². The van der Waals surface area contributed by atoms with Gasteiger partial charge in [-0.05, 0) is 73.5 Å². The third kappa shape index (κ3) is 2.58. The maximum absolute atomic E-state index is 11.0. The first kappa shape index (κ1) is 17.3. The van der Waals surface area contributed by atoms with Crippen LogP contribution in [0.25, 0.3) is 10.8 Å². The van der Waals surface area contributed by atoms with E-state index in [9.17, 15) is 5.11 Å². The van der Waals surface area contributed by atoms with Crippen molar-refractivity contribution in [1.29, 1.82) is 0 Å². The Bertz CT molecular complexity index is 1090. The molecule has 3 aliphatic rings. The normalized spacial score (nSPS) is 27.9. The number of piperidine rings is 1. The van der Waals surface area contributed by atoms with Crippen LogP contribution in [-0.4, -0.2) is 22.7 Å². The molecule has 1 saturated carbocycles. The van der Waals surface area contributed by atoms with E-state index in [1.165, 1.54) is 43.2 Å². The Morgan fingerprint density at radius 1 is 1.10 bits per heavy atom. The van der Waals surface area contributed by atoms with Gasteiger partial charge in [0.2, 0.25) is 0 Å². The van der Waals surface area contributed by atoms with E-state index in [-0.39, 0.29) is 5.41 Å². The lowest BCUT2D eigenvalue weighted by Gasteiger charge is -2.56. The quantitative estimate of drug-likeness (QED) is 0.542. The summed E-state index contributed by atoms with van der Waals surface area (Å²) in [5.74, 6) is 1.09. The zero-order chi connectivity index (χ0) is 19.4. The molecule has 2 heterocycles. The predicted octanol–water partition coefficient (Wildman–Crippen LogP) is 5.03. The number of aromatic hydroxyl groups is 1. The molecule has 1 aliphatic heterocycles. The second kappa shape index (κ2) is 6.46. The molecular formula is C25H27N3O. The lowest BCUT2D eigenvalue weighted by Crippen LogP contribution is -2.59. The standard InChI is InChI=1S/C25H27N3O/c29-24-14-20-17(12-22-19-5-1-2-8-25(19,20)9-11-27-22)13-23(24)28-21-6-3-4-16-15-26-10-7-18(16)21/h3-4,6-7,10,13-15,19,22,27-29H,1-2,5,8-9,11-12H2/t19-,22+,25+/m1/s1. The predicted molar refractivity (Wildman–Crippen MR) is 117 cm³/mol. The molecule has 3 atom stereocenters. The number of phenolic OH excluding ortho intramolecular Hbond substituents is 1. The number of nitrogens with one attached hydrogen (secondary N) is 2. The van der Waals surface area contributed by atoms with Crippen LogP contribution in [0.4, 0.5) is 11.4 Å². The van der Waals surface area contributed by atoms with Crippen LogP contribution < -0.4 is 10.6 Å². The number of nitrogens with zero attached hydrogens (tertiary/aromatic N) is 1. The Kier molecular flexibility index (Phi) is 3.85. The lowest BCUT2D eigenvalue weighted by atomic mass is 9.53. The van der Waals surface area contributed by atoms with Crippen LogP contribution in [0.2, 0.25) is 0 Å². The van der Waals surface area contributed by atoms with Crippen LogP contribution in [0, 0.1) is 5.92 Å². The summed E-state index contributed by atoms with van der Waals surface area (Å²) in [6.45, 7) is 1.10. The molecule has 0 unspecified atom stereocenters. The SMILES string of the molecule is Oc1cc2c(cc1Nc1cccc3cnccc13)C[C@@H]1NCC[C@]23CCCC[C@H]13. The van der Waals surface area contributed by atoms with Crippen LogP contribution in [0.3, 0.4) is 0 Å². The minimum absolute atomic E-state index is 0.267. The van der Waals surface area contributed by atoms with E-state index in [0.29, 0.717) is 11.8 Å². The number of aromatic nitrogens is 1. The number of fused-ring (bicyclic) bond motifs is 2. The van der Waals surface area contributed by atoms with E-state index in [0.717, 1.165) is 41.0 Å². The highest BCUT2D eigenvalue weighted by atomic mass is 16.3. The van der Waals surface area contributed by atoms with Crippen LogP contribution in [0.5, 0.6) is 5.75 Å².